The maximum absolute atomic E-state index is 11.2. The first-order valence-corrected chi connectivity index (χ1v) is 12.3. The Morgan fingerprint density at radius 2 is 1.89 bits per heavy atom. The van der Waals surface area contributed by atoms with Crippen molar-refractivity contribution in [3.63, 3.8) is 0 Å². The number of aromatic nitrogens is 2. The van der Waals surface area contributed by atoms with Crippen LogP contribution in [0.15, 0.2) is 89.9 Å². The lowest BCUT2D eigenvalue weighted by atomic mass is 9.99. The van der Waals surface area contributed by atoms with Crippen LogP contribution in [0, 0.1) is 0 Å². The van der Waals surface area contributed by atoms with Crippen LogP contribution in [0.4, 0.5) is 0 Å². The summed E-state index contributed by atoms with van der Waals surface area (Å²) in [6.07, 6.45) is 5.30. The lowest BCUT2D eigenvalue weighted by Gasteiger charge is -2.12. The molecule has 0 saturated carbocycles. The quantitative estimate of drug-likeness (QED) is 0.257. The molecule has 5 aromatic rings. The van der Waals surface area contributed by atoms with Crippen LogP contribution >= 0.6 is 0 Å². The molecule has 0 aliphatic heterocycles. The number of carboxylic acid groups (broad SMARTS) is 1. The number of nitrogens with zero attached hydrogens (tertiary/aromatic N) is 2. The number of para-hydroxylation sites is 1. The lowest BCUT2D eigenvalue weighted by molar-refractivity contribution is -0.136. The number of aliphatic carboxylic acids is 1. The second kappa shape index (κ2) is 12.1. The maximum Gasteiger partial charge on any atom is 0.307 e. The summed E-state index contributed by atoms with van der Waals surface area (Å²) in [6.45, 7) is 5.31. The molecule has 0 fully saturated rings. The summed E-state index contributed by atoms with van der Waals surface area (Å²) in [5, 5.41) is 10.2. The zero-order chi connectivity index (χ0) is 26.2. The second-order valence-corrected chi connectivity index (χ2v) is 8.38. The molecule has 0 saturated heterocycles. The van der Waals surface area contributed by atoms with Gasteiger partial charge in [0.25, 0.3) is 0 Å². The fraction of sp³-hybridized carbons (Fsp3) is 0.200. The topological polar surface area (TPSA) is 104 Å². The molecule has 3 aromatic carbocycles. The first-order valence-electron chi connectivity index (χ1n) is 12.3. The van der Waals surface area contributed by atoms with E-state index in [4.69, 9.17) is 14.9 Å². The first kappa shape index (κ1) is 25.7. The van der Waals surface area contributed by atoms with Crippen LogP contribution in [-0.4, -0.2) is 20.6 Å². The zero-order valence-electron chi connectivity index (χ0n) is 21.1. The van der Waals surface area contributed by atoms with Gasteiger partial charge in [-0.15, -0.1) is 0 Å². The minimum atomic E-state index is -0.895. The van der Waals surface area contributed by atoms with Gasteiger partial charge in [-0.05, 0) is 47.0 Å². The number of hydrogen-bond acceptors (Lipinski definition) is 5. The third-order valence-electron chi connectivity index (χ3n) is 5.81. The average molecular weight is 498 g/mol. The SMILES string of the molecule is CC.NCc1cccc(-c2cc(COc3ccccc3CC(=O)O)cc3cc(Cn4ccnc4)oc23)c1. The Morgan fingerprint density at radius 3 is 2.65 bits per heavy atom. The molecular weight excluding hydrogens is 466 g/mol. The highest BCUT2D eigenvalue weighted by molar-refractivity contribution is 5.93. The summed E-state index contributed by atoms with van der Waals surface area (Å²) in [7, 11) is 0. The van der Waals surface area contributed by atoms with Crippen LogP contribution < -0.4 is 10.5 Å². The summed E-state index contributed by atoms with van der Waals surface area (Å²) in [5.41, 5.74) is 11.3. The number of ether oxygens (including phenoxy) is 1. The Labute approximate surface area is 216 Å². The Morgan fingerprint density at radius 1 is 1.05 bits per heavy atom. The van der Waals surface area contributed by atoms with Gasteiger partial charge in [0.2, 0.25) is 0 Å². The van der Waals surface area contributed by atoms with Gasteiger partial charge in [-0.25, -0.2) is 4.98 Å². The van der Waals surface area contributed by atoms with Gasteiger partial charge < -0.3 is 24.6 Å². The van der Waals surface area contributed by atoms with Crippen molar-refractivity contribution in [3.8, 4) is 16.9 Å². The van der Waals surface area contributed by atoms with Crippen molar-refractivity contribution in [3.05, 3.63) is 108 Å². The highest BCUT2D eigenvalue weighted by Gasteiger charge is 2.14. The number of hydrogen-bond donors (Lipinski definition) is 2. The molecular formula is C30H31N3O4. The summed E-state index contributed by atoms with van der Waals surface area (Å²) >= 11 is 0. The largest absolute Gasteiger partial charge is 0.489 e. The van der Waals surface area contributed by atoms with Crippen molar-refractivity contribution in [2.24, 2.45) is 5.73 Å². The van der Waals surface area contributed by atoms with E-state index in [2.05, 4.69) is 17.1 Å². The molecule has 0 unspecified atom stereocenters. The van der Waals surface area contributed by atoms with Gasteiger partial charge in [0.1, 0.15) is 23.7 Å². The van der Waals surface area contributed by atoms with Crippen LogP contribution in [0.1, 0.15) is 36.3 Å². The molecule has 0 bridgehead atoms. The molecule has 37 heavy (non-hydrogen) atoms. The minimum Gasteiger partial charge on any atom is -0.489 e. The van der Waals surface area contributed by atoms with Crippen LogP contribution in [0.3, 0.4) is 0 Å². The van der Waals surface area contributed by atoms with Crippen molar-refractivity contribution in [2.75, 3.05) is 0 Å². The molecule has 0 amide bonds. The highest BCUT2D eigenvalue weighted by Crippen LogP contribution is 2.34. The van der Waals surface area contributed by atoms with Crippen molar-refractivity contribution in [1.82, 2.24) is 9.55 Å². The lowest BCUT2D eigenvalue weighted by Crippen LogP contribution is -2.04. The van der Waals surface area contributed by atoms with Gasteiger partial charge in [-0.2, -0.15) is 0 Å². The molecule has 0 spiro atoms. The van der Waals surface area contributed by atoms with Crippen molar-refractivity contribution >= 4 is 16.9 Å². The Hall–Kier alpha value is -4.36. The number of carbonyl (C=O) groups is 1. The maximum atomic E-state index is 11.2. The summed E-state index contributed by atoms with van der Waals surface area (Å²) in [5.74, 6) is 0.488. The molecule has 2 heterocycles. The third-order valence-corrected chi connectivity index (χ3v) is 5.81. The van der Waals surface area contributed by atoms with Crippen LogP contribution in [0.2, 0.25) is 0 Å². The highest BCUT2D eigenvalue weighted by atomic mass is 16.5. The third kappa shape index (κ3) is 6.26. The molecule has 0 radical (unpaired) electrons. The monoisotopic (exact) mass is 497 g/mol. The van der Waals surface area contributed by atoms with Gasteiger partial charge >= 0.3 is 5.97 Å². The number of benzene rings is 3. The van der Waals surface area contributed by atoms with Gasteiger partial charge in [-0.1, -0.05) is 50.2 Å². The molecule has 190 valence electrons. The van der Waals surface area contributed by atoms with Crippen LogP contribution in [0.5, 0.6) is 5.75 Å². The molecule has 3 N–H and O–H groups in total. The summed E-state index contributed by atoms with van der Waals surface area (Å²) in [6, 6.07) is 21.5. The van der Waals surface area contributed by atoms with E-state index in [1.165, 1.54) is 0 Å². The van der Waals surface area contributed by atoms with Crippen LogP contribution in [0.25, 0.3) is 22.1 Å². The Balaban J connectivity index is 0.00000156. The van der Waals surface area contributed by atoms with Gasteiger partial charge in [0, 0.05) is 35.5 Å². The fourth-order valence-electron chi connectivity index (χ4n) is 4.18. The zero-order valence-corrected chi connectivity index (χ0v) is 21.1. The smallest absolute Gasteiger partial charge is 0.307 e. The fourth-order valence-corrected chi connectivity index (χ4v) is 4.18. The molecule has 2 aromatic heterocycles. The number of nitrogens with two attached hydrogens (primary N) is 1. The number of rotatable bonds is 9. The molecule has 7 nitrogen and oxygen atoms in total. The van der Waals surface area contributed by atoms with E-state index in [0.717, 1.165) is 39.0 Å². The van der Waals surface area contributed by atoms with Crippen molar-refractivity contribution < 1.29 is 19.1 Å². The molecule has 7 heteroatoms. The number of carboxylic acids is 1. The normalized spacial score (nSPS) is 10.7. The van der Waals surface area contributed by atoms with Crippen molar-refractivity contribution in [2.45, 2.75) is 40.0 Å². The predicted molar refractivity (Wildman–Crippen MR) is 144 cm³/mol. The van der Waals surface area contributed by atoms with E-state index in [1.807, 2.05) is 67.1 Å². The molecule has 5 rings (SSSR count). The number of furan rings is 1. The standard InChI is InChI=1S/C28H25N3O4.C2H6/c29-15-19-4-3-6-21(10-19)25-12-20(17-34-26-7-2-1-5-22(26)14-27(32)33)11-23-13-24(35-28(23)25)16-31-9-8-30-18-31;1-2/h1-13,18H,14-17,29H2,(H,32,33);1-2H3. The number of imidazole rings is 1. The number of fused-ring (bicyclic) bond motifs is 1. The van der Waals surface area contributed by atoms with Gasteiger partial charge in [0.05, 0.1) is 19.3 Å². The van der Waals surface area contributed by atoms with Crippen molar-refractivity contribution in [1.29, 1.82) is 0 Å². The molecule has 0 aliphatic rings. The summed E-state index contributed by atoms with van der Waals surface area (Å²) in [4.78, 5) is 15.3. The first-order chi connectivity index (χ1) is 18.1. The van der Waals surface area contributed by atoms with E-state index in [9.17, 15) is 9.90 Å². The van der Waals surface area contributed by atoms with E-state index in [0.29, 0.717) is 24.4 Å². The Bertz CT molecular complexity index is 1470. The van der Waals surface area contributed by atoms with Crippen LogP contribution in [-0.2, 0) is 30.9 Å². The van der Waals surface area contributed by atoms with E-state index < -0.39 is 5.97 Å². The Kier molecular flexibility index (Phi) is 8.38. The molecule has 0 atom stereocenters. The second-order valence-electron chi connectivity index (χ2n) is 8.38. The predicted octanol–water partition coefficient (Wildman–Crippen LogP) is 6.04. The summed E-state index contributed by atoms with van der Waals surface area (Å²) < 4.78 is 14.3. The average Bonchev–Trinajstić information content (AvgIpc) is 3.58. The van der Waals surface area contributed by atoms with Gasteiger partial charge in [0.15, 0.2) is 0 Å². The minimum absolute atomic E-state index is 0.0916. The molecule has 0 aliphatic carbocycles. The van der Waals surface area contributed by atoms with E-state index in [1.54, 1.807) is 24.7 Å². The van der Waals surface area contributed by atoms with E-state index in [-0.39, 0.29) is 13.0 Å². The van der Waals surface area contributed by atoms with E-state index >= 15 is 0 Å². The van der Waals surface area contributed by atoms with Gasteiger partial charge in [-0.3, -0.25) is 4.79 Å².